The van der Waals surface area contributed by atoms with E-state index in [1.807, 2.05) is 0 Å². The van der Waals surface area contributed by atoms with Crippen LogP contribution in [0.2, 0.25) is 0 Å². The van der Waals surface area contributed by atoms with E-state index in [0.717, 1.165) is 0 Å². The number of carbonyl (C=O) groups excluding carboxylic acids is 6. The van der Waals surface area contributed by atoms with Crippen molar-refractivity contribution in [1.29, 1.82) is 0 Å². The van der Waals surface area contributed by atoms with Crippen LogP contribution in [0.4, 0.5) is 0 Å². The number of hydrogen-bond donors (Lipinski definition) is 0. The van der Waals surface area contributed by atoms with Crippen molar-refractivity contribution in [2.24, 2.45) is 0 Å². The maximum Gasteiger partial charge on any atom is 1.20 e. The Balaban J connectivity index is 2.23. The zero-order valence-corrected chi connectivity index (χ0v) is 24.6. The summed E-state index contributed by atoms with van der Waals surface area (Å²) >= 11 is -7.19. The maximum atomic E-state index is 13.0. The Morgan fingerprint density at radius 1 is 0.526 bits per heavy atom. The monoisotopic (exact) mass is 564 g/mol. The predicted octanol–water partition coefficient (Wildman–Crippen LogP) is 2.59. The molecule has 0 radical (unpaired) electrons. The summed E-state index contributed by atoms with van der Waals surface area (Å²) in [5.41, 5.74) is 0.355. The second-order valence-electron chi connectivity index (χ2n) is 8.00. The van der Waals surface area contributed by atoms with E-state index in [1.54, 1.807) is 41.5 Å². The molecule has 0 amide bonds. The van der Waals surface area contributed by atoms with Crippen LogP contribution in [0.25, 0.3) is 0 Å². The van der Waals surface area contributed by atoms with E-state index in [9.17, 15) is 28.8 Å². The molecule has 0 aliphatic carbocycles. The van der Waals surface area contributed by atoms with E-state index >= 15 is 0 Å². The van der Waals surface area contributed by atoms with Crippen LogP contribution in [0.5, 0.6) is 0 Å². The lowest BCUT2D eigenvalue weighted by Crippen LogP contribution is -2.35. The number of carbonyl (C=O) groups is 6. The van der Waals surface area contributed by atoms with Crippen molar-refractivity contribution in [3.8, 4) is 0 Å². The van der Waals surface area contributed by atoms with Gasteiger partial charge in [0, 0.05) is 33.4 Å². The standard InChI is InChI=1S/3C8H12O4.2Al/c3*1-3-5(7(9)10)6(4-2)8(11)12;;/h3*3-4H2,1-2H3,(H,9,10)(H,11,12);;/q;;;2*+3/p-6/b6-5-;;;;. The smallest absolute Gasteiger partial charge is 0.547 e. The van der Waals surface area contributed by atoms with Crippen molar-refractivity contribution >= 4 is 66.1 Å². The van der Waals surface area contributed by atoms with Gasteiger partial charge in [0.2, 0.25) is 0 Å². The van der Waals surface area contributed by atoms with Crippen LogP contribution < -0.4 is 0 Å². The molecule has 0 aromatic heterocycles. The fourth-order valence-corrected chi connectivity index (χ4v) is 6.17. The third-order valence-electron chi connectivity index (χ3n) is 5.91. The molecule has 2 heterocycles. The van der Waals surface area contributed by atoms with Gasteiger partial charge in [0.05, 0.1) is 0 Å². The highest BCUT2D eigenvalue weighted by molar-refractivity contribution is 6.47. The molecule has 2 rings (SSSR count). The van der Waals surface area contributed by atoms with Crippen LogP contribution in [0, 0.1) is 0 Å². The molecule has 2 aliphatic rings. The van der Waals surface area contributed by atoms with Gasteiger partial charge in [-0.05, 0) is 38.5 Å². The normalized spacial score (nSPS) is 17.1. The van der Waals surface area contributed by atoms with E-state index in [0.29, 0.717) is 0 Å². The number of rotatable bonds is 10. The topological polar surface area (TPSA) is 158 Å². The second kappa shape index (κ2) is 14.3. The van der Waals surface area contributed by atoms with Crippen molar-refractivity contribution in [3.05, 3.63) is 33.4 Å². The molecule has 0 saturated heterocycles. The van der Waals surface area contributed by atoms with Crippen LogP contribution >= 0.6 is 0 Å². The Kier molecular flexibility index (Phi) is 11.8. The predicted molar refractivity (Wildman–Crippen MR) is 131 cm³/mol. The first-order valence-corrected chi connectivity index (χ1v) is 15.3. The average molecular weight is 564 g/mol. The third kappa shape index (κ3) is 7.15. The van der Waals surface area contributed by atoms with Gasteiger partial charge in [-0.25, -0.2) is 0 Å². The molecule has 0 aromatic carbocycles. The lowest BCUT2D eigenvalue weighted by Gasteiger charge is -2.16. The molecule has 14 heteroatoms. The molecule has 0 fully saturated rings. The largest absolute Gasteiger partial charge is 1.20 e. The van der Waals surface area contributed by atoms with Crippen molar-refractivity contribution in [2.45, 2.75) is 80.1 Å². The van der Waals surface area contributed by atoms with Crippen molar-refractivity contribution < 1.29 is 51.5 Å². The van der Waals surface area contributed by atoms with Gasteiger partial charge in [-0.3, -0.25) is 28.8 Å². The van der Waals surface area contributed by atoms with E-state index in [2.05, 4.69) is 0 Å². The molecular weight excluding hydrogens is 534 g/mol. The average Bonchev–Trinajstić information content (AvgIpc) is 3.06. The Morgan fingerprint density at radius 2 is 0.763 bits per heavy atom. The van der Waals surface area contributed by atoms with Gasteiger partial charge in [-0.15, -0.1) is 0 Å². The summed E-state index contributed by atoms with van der Waals surface area (Å²) in [5.74, 6) is -5.26. The Hall–Kier alpha value is -2.90. The first-order valence-electron chi connectivity index (χ1n) is 12.5. The minimum Gasteiger partial charge on any atom is -0.547 e. The van der Waals surface area contributed by atoms with Crippen LogP contribution in [0.15, 0.2) is 33.4 Å². The highest BCUT2D eigenvalue weighted by atomic mass is 27.3. The van der Waals surface area contributed by atoms with Crippen molar-refractivity contribution in [3.63, 3.8) is 0 Å². The second-order valence-corrected chi connectivity index (χ2v) is 10.6. The summed E-state index contributed by atoms with van der Waals surface area (Å²) in [5, 5.41) is 0. The van der Waals surface area contributed by atoms with E-state index in [-0.39, 0.29) is 72.0 Å². The van der Waals surface area contributed by atoms with Crippen LogP contribution in [0.1, 0.15) is 80.1 Å². The lowest BCUT2D eigenvalue weighted by atomic mass is 10.0. The van der Waals surface area contributed by atoms with E-state index in [4.69, 9.17) is 22.7 Å². The van der Waals surface area contributed by atoms with Gasteiger partial charge in [0.1, 0.15) is 0 Å². The molecule has 204 valence electrons. The molecule has 12 nitrogen and oxygen atoms in total. The molecule has 0 saturated carbocycles. The number of hydrogen-bond acceptors (Lipinski definition) is 12. The first-order chi connectivity index (χ1) is 18.1. The minimum absolute atomic E-state index is 0.00606. The molecule has 38 heavy (non-hydrogen) atoms. The molecule has 0 atom stereocenters. The molecular formula is C24H30Al2O12. The molecule has 0 bridgehead atoms. The van der Waals surface area contributed by atoms with E-state index < -0.39 is 66.1 Å². The van der Waals surface area contributed by atoms with Crippen LogP contribution in [-0.2, 0) is 51.5 Å². The van der Waals surface area contributed by atoms with Gasteiger partial charge >= 0.3 is 66.1 Å². The third-order valence-corrected chi connectivity index (χ3v) is 8.35. The minimum atomic E-state index is -3.60. The summed E-state index contributed by atoms with van der Waals surface area (Å²) in [6.45, 7) is 9.87. The quantitative estimate of drug-likeness (QED) is 0.283. The SMILES string of the molecule is CCC1=C(CC)C(=O)[O][Al]([O]C(=O)/C(CC)=C(/CC)C(=O)[O][Al]2[O]C(=O)C(CC)=C(CC)C(=O)[O]2)[O]C1=O. The fraction of sp³-hybridized carbons (Fsp3) is 0.500. The fourth-order valence-electron chi connectivity index (χ4n) is 3.98. The van der Waals surface area contributed by atoms with Gasteiger partial charge in [-0.1, -0.05) is 41.5 Å². The molecule has 0 aromatic rings. The summed E-state index contributed by atoms with van der Waals surface area (Å²) in [7, 11) is 0. The van der Waals surface area contributed by atoms with E-state index in [1.165, 1.54) is 0 Å². The zero-order valence-electron chi connectivity index (χ0n) is 22.3. The summed E-state index contributed by atoms with van der Waals surface area (Å²) in [4.78, 5) is 75.7. The summed E-state index contributed by atoms with van der Waals surface area (Å²) < 4.78 is 31.1. The maximum absolute atomic E-state index is 13.0. The van der Waals surface area contributed by atoms with Gasteiger partial charge in [0.25, 0.3) is 0 Å². The first kappa shape index (κ1) is 31.3. The van der Waals surface area contributed by atoms with Gasteiger partial charge in [-0.2, -0.15) is 0 Å². The van der Waals surface area contributed by atoms with Crippen LogP contribution in [0.3, 0.4) is 0 Å². The van der Waals surface area contributed by atoms with Gasteiger partial charge < -0.3 is 22.7 Å². The van der Waals surface area contributed by atoms with Crippen LogP contribution in [-0.4, -0.2) is 66.1 Å². The van der Waals surface area contributed by atoms with Crippen molar-refractivity contribution in [1.82, 2.24) is 0 Å². The lowest BCUT2D eigenvalue weighted by molar-refractivity contribution is -0.145. The molecule has 0 unspecified atom stereocenters. The molecule has 2 aliphatic heterocycles. The highest BCUT2D eigenvalue weighted by Gasteiger charge is 2.54. The van der Waals surface area contributed by atoms with Crippen molar-refractivity contribution in [2.75, 3.05) is 0 Å². The zero-order chi connectivity index (χ0) is 28.6. The molecule has 0 N–H and O–H groups in total. The summed E-state index contributed by atoms with van der Waals surface area (Å²) in [6.07, 6.45) is 0.930. The Bertz CT molecular complexity index is 975. The van der Waals surface area contributed by atoms with Gasteiger partial charge in [0.15, 0.2) is 0 Å². The Labute approximate surface area is 230 Å². The summed E-state index contributed by atoms with van der Waals surface area (Å²) in [6, 6.07) is 0. The molecule has 0 spiro atoms. The Morgan fingerprint density at radius 3 is 0.947 bits per heavy atom. The highest BCUT2D eigenvalue weighted by Crippen LogP contribution is 2.24.